The van der Waals surface area contributed by atoms with Gasteiger partial charge in [-0.15, -0.1) is 0 Å². The van der Waals surface area contributed by atoms with Crippen molar-refractivity contribution in [2.24, 2.45) is 0 Å². The van der Waals surface area contributed by atoms with Crippen molar-refractivity contribution in [3.8, 4) is 5.82 Å². The molecule has 2 aromatic heterocycles. The molecular formula is C9H11N5O2S. The third-order valence-electron chi connectivity index (χ3n) is 2.03. The van der Waals surface area contributed by atoms with Crippen molar-refractivity contribution in [2.75, 3.05) is 10.5 Å². The highest BCUT2D eigenvalue weighted by Crippen LogP contribution is 2.09. The lowest BCUT2D eigenvalue weighted by molar-refractivity contribution is 0.602. The van der Waals surface area contributed by atoms with Crippen molar-refractivity contribution in [1.29, 1.82) is 0 Å². The smallest absolute Gasteiger partial charge is 0.233 e. The number of nitrogens with zero attached hydrogens (tertiary/aromatic N) is 4. The summed E-state index contributed by atoms with van der Waals surface area (Å²) in [6, 6.07) is 3.26. The molecule has 90 valence electrons. The fourth-order valence-electron chi connectivity index (χ4n) is 1.16. The summed E-state index contributed by atoms with van der Waals surface area (Å²) in [5.74, 6) is 0.722. The fraction of sp³-hybridized carbons (Fsp3) is 0.222. The number of nitrogens with one attached hydrogen (secondary N) is 1. The van der Waals surface area contributed by atoms with Crippen molar-refractivity contribution < 1.29 is 8.42 Å². The Kier molecular flexibility index (Phi) is 3.05. The minimum absolute atomic E-state index is 0.00585. The predicted octanol–water partition coefficient (Wildman–Crippen LogP) is 0.424. The second kappa shape index (κ2) is 4.50. The standard InChI is InChI=1S/C9H11N5O2S/c1-2-17(15,16)13-8-6-9(11-7-10-8)14-5-3-4-12-14/h3-7H,2H2,1H3,(H,10,11,13). The minimum Gasteiger partial charge on any atom is -0.267 e. The molecule has 0 radical (unpaired) electrons. The van der Waals surface area contributed by atoms with Gasteiger partial charge in [-0.1, -0.05) is 0 Å². The van der Waals surface area contributed by atoms with Gasteiger partial charge in [-0.2, -0.15) is 5.10 Å². The Morgan fingerprint density at radius 1 is 1.41 bits per heavy atom. The van der Waals surface area contributed by atoms with Gasteiger partial charge in [0.05, 0.1) is 5.75 Å². The first kappa shape index (κ1) is 11.5. The molecule has 0 saturated carbocycles. The lowest BCUT2D eigenvalue weighted by Crippen LogP contribution is -2.16. The molecule has 7 nitrogen and oxygen atoms in total. The van der Waals surface area contributed by atoms with Gasteiger partial charge >= 0.3 is 0 Å². The van der Waals surface area contributed by atoms with Crippen LogP contribution in [0.1, 0.15) is 6.92 Å². The molecule has 17 heavy (non-hydrogen) atoms. The van der Waals surface area contributed by atoms with Crippen molar-refractivity contribution in [1.82, 2.24) is 19.7 Å². The maximum Gasteiger partial charge on any atom is 0.233 e. The van der Waals surface area contributed by atoms with Crippen molar-refractivity contribution in [3.63, 3.8) is 0 Å². The Balaban J connectivity index is 2.30. The van der Waals surface area contributed by atoms with E-state index in [0.29, 0.717) is 5.82 Å². The number of aromatic nitrogens is 4. The van der Waals surface area contributed by atoms with E-state index in [0.717, 1.165) is 0 Å². The second-order valence-corrected chi connectivity index (χ2v) is 5.23. The molecule has 0 amide bonds. The van der Waals surface area contributed by atoms with Crippen molar-refractivity contribution in [2.45, 2.75) is 6.92 Å². The third-order valence-corrected chi connectivity index (χ3v) is 3.31. The molecule has 0 bridgehead atoms. The maximum absolute atomic E-state index is 11.4. The van der Waals surface area contributed by atoms with Crippen LogP contribution in [0.5, 0.6) is 0 Å². The quantitative estimate of drug-likeness (QED) is 0.853. The average molecular weight is 253 g/mol. The summed E-state index contributed by atoms with van der Waals surface area (Å²) in [6.45, 7) is 1.55. The van der Waals surface area contributed by atoms with Crippen LogP contribution in [-0.4, -0.2) is 33.9 Å². The lowest BCUT2D eigenvalue weighted by Gasteiger charge is -2.06. The first-order valence-corrected chi connectivity index (χ1v) is 6.58. The fourth-order valence-corrected chi connectivity index (χ4v) is 1.74. The lowest BCUT2D eigenvalue weighted by atomic mass is 10.5. The van der Waals surface area contributed by atoms with E-state index < -0.39 is 10.0 Å². The van der Waals surface area contributed by atoms with Crippen molar-refractivity contribution in [3.05, 3.63) is 30.9 Å². The van der Waals surface area contributed by atoms with Crippen LogP contribution in [0.3, 0.4) is 0 Å². The number of anilines is 1. The zero-order valence-corrected chi connectivity index (χ0v) is 9.92. The Hall–Kier alpha value is -1.96. The molecule has 0 aliphatic carbocycles. The monoisotopic (exact) mass is 253 g/mol. The van der Waals surface area contributed by atoms with Crippen LogP contribution in [0.2, 0.25) is 0 Å². The number of hydrogen-bond donors (Lipinski definition) is 1. The Bertz CT molecular complexity index is 594. The van der Waals surface area contributed by atoms with E-state index in [2.05, 4.69) is 19.8 Å². The van der Waals surface area contributed by atoms with Crippen LogP contribution in [0.25, 0.3) is 5.82 Å². The Morgan fingerprint density at radius 3 is 2.88 bits per heavy atom. The average Bonchev–Trinajstić information content (AvgIpc) is 2.82. The van der Waals surface area contributed by atoms with Crippen LogP contribution >= 0.6 is 0 Å². The zero-order valence-electron chi connectivity index (χ0n) is 9.11. The molecule has 0 fully saturated rings. The summed E-state index contributed by atoms with van der Waals surface area (Å²) < 4.78 is 26.6. The van der Waals surface area contributed by atoms with E-state index in [-0.39, 0.29) is 11.6 Å². The summed E-state index contributed by atoms with van der Waals surface area (Å²) in [5, 5.41) is 3.99. The van der Waals surface area contributed by atoms with Gasteiger partial charge in [0.2, 0.25) is 10.0 Å². The van der Waals surface area contributed by atoms with Gasteiger partial charge in [0.25, 0.3) is 0 Å². The highest BCUT2D eigenvalue weighted by molar-refractivity contribution is 7.92. The first-order valence-electron chi connectivity index (χ1n) is 4.93. The molecule has 0 aliphatic heterocycles. The van der Waals surface area contributed by atoms with Gasteiger partial charge in [0, 0.05) is 18.5 Å². The molecule has 1 N–H and O–H groups in total. The van der Waals surface area contributed by atoms with Crippen LogP contribution in [-0.2, 0) is 10.0 Å². The highest BCUT2D eigenvalue weighted by atomic mass is 32.2. The molecule has 2 rings (SSSR count). The summed E-state index contributed by atoms with van der Waals surface area (Å²) >= 11 is 0. The van der Waals surface area contributed by atoms with Gasteiger partial charge in [0.1, 0.15) is 12.1 Å². The van der Waals surface area contributed by atoms with E-state index >= 15 is 0 Å². The van der Waals surface area contributed by atoms with Crippen LogP contribution in [0.15, 0.2) is 30.9 Å². The number of rotatable bonds is 4. The van der Waals surface area contributed by atoms with Crippen LogP contribution in [0.4, 0.5) is 5.82 Å². The van der Waals surface area contributed by atoms with E-state index in [9.17, 15) is 8.42 Å². The summed E-state index contributed by atoms with van der Waals surface area (Å²) in [4.78, 5) is 7.83. The second-order valence-electron chi connectivity index (χ2n) is 3.22. The van der Waals surface area contributed by atoms with E-state index in [1.54, 1.807) is 25.4 Å². The van der Waals surface area contributed by atoms with Crippen LogP contribution < -0.4 is 4.72 Å². The molecule has 2 aromatic rings. The maximum atomic E-state index is 11.4. The largest absolute Gasteiger partial charge is 0.267 e. The molecule has 0 atom stereocenters. The van der Waals surface area contributed by atoms with E-state index in [1.807, 2.05) is 0 Å². The van der Waals surface area contributed by atoms with Gasteiger partial charge in [-0.05, 0) is 13.0 Å². The van der Waals surface area contributed by atoms with Gasteiger partial charge in [-0.3, -0.25) is 4.72 Å². The highest BCUT2D eigenvalue weighted by Gasteiger charge is 2.08. The van der Waals surface area contributed by atoms with Crippen LogP contribution in [0, 0.1) is 0 Å². The summed E-state index contributed by atoms with van der Waals surface area (Å²) in [7, 11) is -3.33. The molecule has 0 saturated heterocycles. The number of hydrogen-bond acceptors (Lipinski definition) is 5. The SMILES string of the molecule is CCS(=O)(=O)Nc1cc(-n2cccn2)ncn1. The minimum atomic E-state index is -3.33. The molecule has 0 aromatic carbocycles. The Labute approximate surface area is 98.6 Å². The molecule has 0 unspecified atom stereocenters. The molecule has 0 spiro atoms. The first-order chi connectivity index (χ1) is 8.11. The Morgan fingerprint density at radius 2 is 2.24 bits per heavy atom. The van der Waals surface area contributed by atoms with Gasteiger partial charge in [0.15, 0.2) is 5.82 Å². The molecule has 8 heteroatoms. The summed E-state index contributed by atoms with van der Waals surface area (Å²) in [6.07, 6.45) is 4.60. The van der Waals surface area contributed by atoms with E-state index in [1.165, 1.54) is 17.1 Å². The molecular weight excluding hydrogens is 242 g/mol. The zero-order chi connectivity index (χ0) is 12.3. The molecule has 0 aliphatic rings. The van der Waals surface area contributed by atoms with Gasteiger partial charge < -0.3 is 0 Å². The van der Waals surface area contributed by atoms with Gasteiger partial charge in [-0.25, -0.2) is 23.1 Å². The number of sulfonamides is 1. The molecule has 2 heterocycles. The summed E-state index contributed by atoms with van der Waals surface area (Å²) in [5.41, 5.74) is 0. The van der Waals surface area contributed by atoms with Crippen molar-refractivity contribution >= 4 is 15.8 Å². The topological polar surface area (TPSA) is 89.8 Å². The normalized spacial score (nSPS) is 11.4. The third kappa shape index (κ3) is 2.78. The van der Waals surface area contributed by atoms with E-state index in [4.69, 9.17) is 0 Å². The predicted molar refractivity (Wildman–Crippen MR) is 62.2 cm³/mol.